The van der Waals surface area contributed by atoms with Crippen LogP contribution in [0.4, 0.5) is 17.1 Å². The molecule has 0 bridgehead atoms. The summed E-state index contributed by atoms with van der Waals surface area (Å²) < 4.78 is 109. The van der Waals surface area contributed by atoms with Crippen LogP contribution < -0.4 is 16.2 Å². The summed E-state index contributed by atoms with van der Waals surface area (Å²) in [7, 11) is -15.5. The molecule has 0 saturated carbocycles. The number of aromatic amines is 1. The fourth-order valence-electron chi connectivity index (χ4n) is 5.72. The van der Waals surface area contributed by atoms with E-state index in [4.69, 9.17) is 4.74 Å². The standard InChI is InChI=1S/C32H23N3O14S3/c1-15(36)33-17-8-6-16(7-9-17)14-49-32(39)28-25-19-4-2-3-5-20(19)30(37)26-22(13-24(52(46,47)48)29(27(25)26)35-31(28)38)34-21-11-10-18(50(40,41)42)12-23(21)51(43,44)45/h2-13,34H,14H2,1H3,(H,33,36)(H,35,38)(H,40,41,42)(H,43,44,45)(H,46,47,48). The van der Waals surface area contributed by atoms with Crippen LogP contribution in [0.25, 0.3) is 22.0 Å². The van der Waals surface area contributed by atoms with E-state index in [-0.39, 0.29) is 34.6 Å². The molecule has 1 aliphatic rings. The predicted molar refractivity (Wildman–Crippen MR) is 182 cm³/mol. The fraction of sp³-hybridized carbons (Fsp3) is 0.0625. The minimum Gasteiger partial charge on any atom is -0.457 e. The Bertz CT molecular complexity index is 2800. The van der Waals surface area contributed by atoms with Crippen LogP contribution in [0.1, 0.15) is 38.8 Å². The zero-order valence-electron chi connectivity index (χ0n) is 26.2. The lowest BCUT2D eigenvalue weighted by molar-refractivity contribution is -0.114. The molecule has 1 aromatic heterocycles. The fourth-order valence-corrected chi connectivity index (χ4v) is 7.65. The lowest BCUT2D eigenvalue weighted by Gasteiger charge is -2.25. The Kier molecular flexibility index (Phi) is 8.85. The van der Waals surface area contributed by atoms with E-state index in [9.17, 15) is 58.1 Å². The molecule has 52 heavy (non-hydrogen) atoms. The normalized spacial score (nSPS) is 12.7. The highest BCUT2D eigenvalue weighted by Crippen LogP contribution is 2.45. The lowest BCUT2D eigenvalue weighted by Crippen LogP contribution is -2.25. The first kappa shape index (κ1) is 36.0. The third kappa shape index (κ3) is 6.68. The van der Waals surface area contributed by atoms with E-state index in [0.29, 0.717) is 23.4 Å². The number of anilines is 3. The zero-order valence-corrected chi connectivity index (χ0v) is 28.6. The molecule has 0 aliphatic heterocycles. The highest BCUT2D eigenvalue weighted by Gasteiger charge is 2.36. The Balaban J connectivity index is 1.60. The maximum atomic E-state index is 14.1. The van der Waals surface area contributed by atoms with Crippen molar-refractivity contribution in [2.75, 3.05) is 10.6 Å². The summed E-state index contributed by atoms with van der Waals surface area (Å²) in [5, 5.41) is 4.68. The monoisotopic (exact) mass is 769 g/mol. The smallest absolute Gasteiger partial charge is 0.344 e. The highest BCUT2D eigenvalue weighted by atomic mass is 32.2. The molecule has 6 N–H and O–H groups in total. The van der Waals surface area contributed by atoms with Gasteiger partial charge in [0.25, 0.3) is 35.9 Å². The van der Waals surface area contributed by atoms with E-state index in [0.717, 1.165) is 12.1 Å². The zero-order chi connectivity index (χ0) is 37.9. The molecule has 20 heteroatoms. The quantitative estimate of drug-likeness (QED) is 0.0906. The van der Waals surface area contributed by atoms with Gasteiger partial charge in [-0.1, -0.05) is 36.4 Å². The summed E-state index contributed by atoms with van der Waals surface area (Å²) in [5.74, 6) is -2.35. The van der Waals surface area contributed by atoms with Crippen molar-refractivity contribution in [3.63, 3.8) is 0 Å². The van der Waals surface area contributed by atoms with Gasteiger partial charge in [0.2, 0.25) is 5.91 Å². The molecule has 0 fully saturated rings. The number of hydrogen-bond acceptors (Lipinski definition) is 12. The molecule has 1 aliphatic carbocycles. The van der Waals surface area contributed by atoms with Crippen LogP contribution in [-0.2, 0) is 46.5 Å². The molecular formula is C32H23N3O14S3. The van der Waals surface area contributed by atoms with Gasteiger partial charge in [0.15, 0.2) is 5.78 Å². The SMILES string of the molecule is CC(=O)Nc1ccc(COC(=O)c2c3c4c(c(Nc5ccc(S(=O)(=O)O)cc5S(=O)(=O)O)cc(S(=O)(=O)O)c4[nH]c2=O)C(=O)c2ccccc2-3)cc1. The summed E-state index contributed by atoms with van der Waals surface area (Å²) in [4.78, 5) is 52.0. The van der Waals surface area contributed by atoms with E-state index in [1.807, 2.05) is 0 Å². The number of esters is 1. The molecule has 0 radical (unpaired) electrons. The van der Waals surface area contributed by atoms with Gasteiger partial charge in [0.1, 0.15) is 22.0 Å². The van der Waals surface area contributed by atoms with Crippen LogP contribution in [0.5, 0.6) is 0 Å². The van der Waals surface area contributed by atoms with Crippen molar-refractivity contribution in [3.05, 3.63) is 105 Å². The van der Waals surface area contributed by atoms with Gasteiger partial charge in [-0.2, -0.15) is 25.3 Å². The Morgan fingerprint density at radius 2 is 1.38 bits per heavy atom. The number of aromatic nitrogens is 1. The molecule has 0 atom stereocenters. The van der Waals surface area contributed by atoms with Crippen LogP contribution in [0.2, 0.25) is 0 Å². The number of pyridine rings is 1. The van der Waals surface area contributed by atoms with Crippen LogP contribution >= 0.6 is 0 Å². The molecule has 17 nitrogen and oxygen atoms in total. The Labute approximate surface area is 293 Å². The molecule has 0 spiro atoms. The van der Waals surface area contributed by atoms with Crippen LogP contribution in [-0.4, -0.2) is 61.6 Å². The summed E-state index contributed by atoms with van der Waals surface area (Å²) in [5.41, 5.74) is -3.49. The van der Waals surface area contributed by atoms with Crippen LogP contribution in [0.3, 0.4) is 0 Å². The largest absolute Gasteiger partial charge is 0.457 e. The van der Waals surface area contributed by atoms with Gasteiger partial charge in [-0.3, -0.25) is 28.0 Å². The lowest BCUT2D eigenvalue weighted by atomic mass is 9.81. The predicted octanol–water partition coefficient (Wildman–Crippen LogP) is 3.54. The average Bonchev–Trinajstić information content (AvgIpc) is 3.05. The number of nitrogens with one attached hydrogen (secondary N) is 3. The first-order valence-electron chi connectivity index (χ1n) is 14.5. The Morgan fingerprint density at radius 3 is 1.98 bits per heavy atom. The summed E-state index contributed by atoms with van der Waals surface area (Å²) in [6.45, 7) is 0.943. The summed E-state index contributed by atoms with van der Waals surface area (Å²) >= 11 is 0. The van der Waals surface area contributed by atoms with Gasteiger partial charge in [0, 0.05) is 29.1 Å². The Morgan fingerprint density at radius 1 is 0.750 bits per heavy atom. The van der Waals surface area contributed by atoms with Crippen LogP contribution in [0.15, 0.2) is 92.3 Å². The first-order chi connectivity index (χ1) is 24.3. The number of hydrogen-bond donors (Lipinski definition) is 6. The van der Waals surface area contributed by atoms with Crippen molar-refractivity contribution in [2.45, 2.75) is 28.2 Å². The van der Waals surface area contributed by atoms with Gasteiger partial charge in [-0.25, -0.2) is 4.79 Å². The van der Waals surface area contributed by atoms with Gasteiger partial charge in [-0.05, 0) is 47.5 Å². The van der Waals surface area contributed by atoms with Crippen molar-refractivity contribution in [1.29, 1.82) is 0 Å². The van der Waals surface area contributed by atoms with E-state index in [1.165, 1.54) is 31.2 Å². The van der Waals surface area contributed by atoms with Crippen molar-refractivity contribution >= 4 is 76.0 Å². The number of ether oxygens (including phenoxy) is 1. The van der Waals surface area contributed by atoms with Crippen molar-refractivity contribution in [1.82, 2.24) is 4.98 Å². The minimum atomic E-state index is -5.27. The molecule has 0 saturated heterocycles. The molecule has 1 heterocycles. The van der Waals surface area contributed by atoms with E-state index in [2.05, 4.69) is 15.6 Å². The van der Waals surface area contributed by atoms with E-state index < -0.39 is 90.4 Å². The second-order valence-corrected chi connectivity index (χ2v) is 15.5. The number of amides is 1. The third-order valence-corrected chi connectivity index (χ3v) is 10.5. The topological polar surface area (TPSA) is 280 Å². The number of benzene rings is 4. The maximum absolute atomic E-state index is 14.1. The minimum absolute atomic E-state index is 0.00252. The summed E-state index contributed by atoms with van der Waals surface area (Å²) in [6.07, 6.45) is 0. The second kappa shape index (κ2) is 12.8. The molecule has 5 aromatic rings. The molecule has 4 aromatic carbocycles. The van der Waals surface area contributed by atoms with Gasteiger partial charge >= 0.3 is 5.97 Å². The maximum Gasteiger partial charge on any atom is 0.344 e. The molecular weight excluding hydrogens is 747 g/mol. The van der Waals surface area contributed by atoms with Crippen molar-refractivity contribution < 1.29 is 58.0 Å². The molecule has 1 amide bonds. The number of rotatable bonds is 9. The average molecular weight is 770 g/mol. The number of ketones is 1. The van der Waals surface area contributed by atoms with Gasteiger partial charge in [0.05, 0.1) is 27.4 Å². The molecule has 0 unspecified atom stereocenters. The van der Waals surface area contributed by atoms with Gasteiger partial charge < -0.3 is 20.4 Å². The van der Waals surface area contributed by atoms with Crippen molar-refractivity contribution in [2.24, 2.45) is 0 Å². The van der Waals surface area contributed by atoms with Crippen LogP contribution in [0, 0.1) is 0 Å². The first-order valence-corrected chi connectivity index (χ1v) is 18.9. The number of fused-ring (bicyclic) bond motifs is 2. The van der Waals surface area contributed by atoms with E-state index in [1.54, 1.807) is 24.3 Å². The number of carbonyl (C=O) groups is 3. The van der Waals surface area contributed by atoms with Crippen molar-refractivity contribution in [3.8, 4) is 11.1 Å². The highest BCUT2D eigenvalue weighted by molar-refractivity contribution is 7.87. The molecule has 268 valence electrons. The molecule has 6 rings (SSSR count). The number of H-pyrrole nitrogens is 1. The summed E-state index contributed by atoms with van der Waals surface area (Å²) in [6, 6.07) is 14.4. The Hall–Kier alpha value is -5.77. The van der Waals surface area contributed by atoms with E-state index >= 15 is 0 Å². The van der Waals surface area contributed by atoms with Gasteiger partial charge in [-0.15, -0.1) is 0 Å². The third-order valence-electron chi connectivity index (χ3n) is 7.85. The number of carbonyl (C=O) groups excluding carboxylic acids is 3. The second-order valence-electron chi connectivity index (χ2n) is 11.3.